The van der Waals surface area contributed by atoms with Gasteiger partial charge in [-0.25, -0.2) is 4.99 Å². The van der Waals surface area contributed by atoms with Gasteiger partial charge in [0, 0.05) is 16.5 Å². The fraction of sp³-hybridized carbons (Fsp3) is 0.300. The second kappa shape index (κ2) is 10.5. The van der Waals surface area contributed by atoms with Crippen molar-refractivity contribution in [1.29, 1.82) is 0 Å². The first-order valence-electron chi connectivity index (χ1n) is 11.7. The van der Waals surface area contributed by atoms with E-state index in [2.05, 4.69) is 87.9 Å². The largest absolute Gasteiger partial charge is 0.507 e. The normalized spacial score (nSPS) is 12.5. The van der Waals surface area contributed by atoms with Gasteiger partial charge in [-0.15, -0.1) is 28.3 Å². The zero-order valence-corrected chi connectivity index (χ0v) is 23.9. The molecule has 0 aliphatic rings. The maximum Gasteiger partial charge on any atom is 0.190 e. The maximum absolute atomic E-state index is 11.2. The predicted octanol–water partition coefficient (Wildman–Crippen LogP) is 8.38. The Morgan fingerprint density at radius 2 is 1.31 bits per heavy atom. The van der Waals surface area contributed by atoms with Crippen LogP contribution in [0.5, 0.6) is 5.75 Å². The number of phenolic OH excluding ortho intramolecular Hbond substituents is 1. The average molecular weight is 552 g/mol. The third-order valence-electron chi connectivity index (χ3n) is 5.98. The number of para-hydroxylation sites is 1. The molecule has 0 bridgehead atoms. The van der Waals surface area contributed by atoms with Crippen LogP contribution in [0.2, 0.25) is 0 Å². The average Bonchev–Trinajstić information content (AvgIpc) is 3.15. The number of nitrogens with zero attached hydrogens (tertiary/aromatic N) is 2. The Morgan fingerprint density at radius 3 is 1.83 bits per heavy atom. The van der Waals surface area contributed by atoms with E-state index in [1.54, 1.807) is 11.3 Å². The molecule has 3 aromatic carbocycles. The fourth-order valence-corrected chi connectivity index (χ4v) is 5.04. The highest BCUT2D eigenvalue weighted by Crippen LogP contribution is 2.42. The summed E-state index contributed by atoms with van der Waals surface area (Å²) in [6.45, 7) is 13.6. The Labute approximate surface area is 223 Å². The van der Waals surface area contributed by atoms with Crippen molar-refractivity contribution in [1.82, 2.24) is 4.57 Å². The Bertz CT molecular complexity index is 1310. The van der Waals surface area contributed by atoms with Gasteiger partial charge in [0.15, 0.2) is 4.80 Å². The van der Waals surface area contributed by atoms with E-state index >= 15 is 0 Å². The molecule has 0 spiro atoms. The van der Waals surface area contributed by atoms with Gasteiger partial charge in [-0.05, 0) is 46.2 Å². The summed E-state index contributed by atoms with van der Waals surface area (Å²) in [4.78, 5) is 5.93. The van der Waals surface area contributed by atoms with Crippen LogP contribution in [0.4, 0.5) is 5.69 Å². The highest BCUT2D eigenvalue weighted by atomic mass is 79.9. The number of aromatic nitrogens is 1. The zero-order chi connectivity index (χ0) is 24.5. The molecule has 0 fully saturated rings. The van der Waals surface area contributed by atoms with Crippen LogP contribution in [0.1, 0.15) is 58.2 Å². The molecule has 0 aliphatic heterocycles. The van der Waals surface area contributed by atoms with Crippen LogP contribution in [0.15, 0.2) is 83.2 Å². The van der Waals surface area contributed by atoms with E-state index < -0.39 is 0 Å². The first-order valence-corrected chi connectivity index (χ1v) is 12.6. The van der Waals surface area contributed by atoms with Gasteiger partial charge in [-0.2, -0.15) is 0 Å². The zero-order valence-electron chi connectivity index (χ0n) is 21.4. The van der Waals surface area contributed by atoms with E-state index in [1.165, 1.54) is 5.56 Å². The monoisotopic (exact) mass is 550 g/mol. The summed E-state index contributed by atoms with van der Waals surface area (Å²) in [5, 5.41) is 13.4. The van der Waals surface area contributed by atoms with Gasteiger partial charge in [-0.3, -0.25) is 0 Å². The summed E-state index contributed by atoms with van der Waals surface area (Å²) in [7, 11) is 0. The minimum absolute atomic E-state index is 0. The molecule has 0 atom stereocenters. The van der Waals surface area contributed by atoms with Gasteiger partial charge in [0.1, 0.15) is 5.75 Å². The topological polar surface area (TPSA) is 37.5 Å². The molecule has 1 N–H and O–H groups in total. The Balaban J connectivity index is 0.00000342. The van der Waals surface area contributed by atoms with Crippen LogP contribution in [-0.2, 0) is 17.4 Å². The van der Waals surface area contributed by atoms with E-state index in [4.69, 9.17) is 4.99 Å². The third-order valence-corrected chi connectivity index (χ3v) is 6.85. The van der Waals surface area contributed by atoms with Crippen molar-refractivity contribution >= 4 is 34.0 Å². The molecule has 1 heterocycles. The van der Waals surface area contributed by atoms with E-state index in [0.717, 1.165) is 39.4 Å². The molecular weight excluding hydrogens is 516 g/mol. The number of benzene rings is 3. The second-order valence-corrected chi connectivity index (χ2v) is 11.7. The van der Waals surface area contributed by atoms with Crippen LogP contribution in [0.3, 0.4) is 0 Å². The molecule has 35 heavy (non-hydrogen) atoms. The van der Waals surface area contributed by atoms with Gasteiger partial charge in [0.25, 0.3) is 0 Å². The van der Waals surface area contributed by atoms with Crippen LogP contribution < -0.4 is 4.80 Å². The highest BCUT2D eigenvalue weighted by Gasteiger charge is 2.27. The summed E-state index contributed by atoms with van der Waals surface area (Å²) in [5.74, 6) is 0.405. The van der Waals surface area contributed by atoms with Crippen LogP contribution in [0, 0.1) is 0 Å². The van der Waals surface area contributed by atoms with Crippen molar-refractivity contribution < 1.29 is 5.11 Å². The fourth-order valence-electron chi connectivity index (χ4n) is 4.11. The molecular formula is C30H35BrN2OS. The van der Waals surface area contributed by atoms with Crippen molar-refractivity contribution in [2.24, 2.45) is 4.99 Å². The molecule has 5 heteroatoms. The van der Waals surface area contributed by atoms with Crippen LogP contribution in [0.25, 0.3) is 11.3 Å². The van der Waals surface area contributed by atoms with Gasteiger partial charge < -0.3 is 9.67 Å². The van der Waals surface area contributed by atoms with Crippen molar-refractivity contribution in [3.8, 4) is 17.0 Å². The van der Waals surface area contributed by atoms with Gasteiger partial charge >= 0.3 is 0 Å². The van der Waals surface area contributed by atoms with Crippen molar-refractivity contribution in [3.05, 3.63) is 99.7 Å². The second-order valence-electron chi connectivity index (χ2n) is 10.8. The van der Waals surface area contributed by atoms with Gasteiger partial charge in [0.2, 0.25) is 0 Å². The maximum atomic E-state index is 11.2. The number of phenols is 1. The van der Waals surface area contributed by atoms with Crippen molar-refractivity contribution in [2.75, 3.05) is 0 Å². The molecule has 0 amide bonds. The van der Waals surface area contributed by atoms with E-state index in [-0.39, 0.29) is 27.8 Å². The molecule has 0 aliphatic carbocycles. The minimum Gasteiger partial charge on any atom is -0.507 e. The standard InChI is InChI=1S/C30H34N2OS.BrH/c1-29(2,3)24-17-22(18-25(27(24)33)30(4,5)6)26-20-34-28(31-23-15-11-8-12-16-23)32(26)19-21-13-9-7-10-14-21;/h7-18,20,33H,19H2,1-6H3;1H. The molecule has 4 aromatic rings. The first-order chi connectivity index (χ1) is 16.0. The van der Waals surface area contributed by atoms with E-state index in [0.29, 0.717) is 5.75 Å². The summed E-state index contributed by atoms with van der Waals surface area (Å²) >= 11 is 1.65. The number of hydrogen-bond acceptors (Lipinski definition) is 3. The number of hydrogen-bond donors (Lipinski definition) is 1. The molecule has 0 unspecified atom stereocenters. The first kappa shape index (κ1) is 27.0. The minimum atomic E-state index is -0.183. The van der Waals surface area contributed by atoms with Crippen molar-refractivity contribution in [2.45, 2.75) is 58.9 Å². The molecule has 0 saturated carbocycles. The Morgan fingerprint density at radius 1 is 0.800 bits per heavy atom. The van der Waals surface area contributed by atoms with Crippen molar-refractivity contribution in [3.63, 3.8) is 0 Å². The summed E-state index contributed by atoms with van der Waals surface area (Å²) in [6, 6.07) is 24.9. The SMILES string of the molecule is Br.CC(C)(C)c1cc(-c2csc(=Nc3ccccc3)n2Cc2ccccc2)cc(C(C)(C)C)c1O. The van der Waals surface area contributed by atoms with Crippen LogP contribution in [-0.4, -0.2) is 9.67 Å². The molecule has 184 valence electrons. The lowest BCUT2D eigenvalue weighted by molar-refractivity contribution is 0.423. The number of rotatable bonds is 4. The Kier molecular flexibility index (Phi) is 8.13. The van der Waals surface area contributed by atoms with E-state index in [9.17, 15) is 5.11 Å². The van der Waals surface area contributed by atoms with Crippen LogP contribution >= 0.6 is 28.3 Å². The number of thiazole rings is 1. The third kappa shape index (κ3) is 6.14. The lowest BCUT2D eigenvalue weighted by Crippen LogP contribution is -2.19. The summed E-state index contributed by atoms with van der Waals surface area (Å²) < 4.78 is 2.29. The molecule has 1 aromatic heterocycles. The van der Waals surface area contributed by atoms with E-state index in [1.807, 2.05) is 36.4 Å². The summed E-state index contributed by atoms with van der Waals surface area (Å²) in [5.41, 5.74) is 5.95. The Hall–Kier alpha value is -2.63. The van der Waals surface area contributed by atoms with Gasteiger partial charge in [0.05, 0.1) is 17.9 Å². The molecule has 4 rings (SSSR count). The predicted molar refractivity (Wildman–Crippen MR) is 154 cm³/mol. The summed E-state index contributed by atoms with van der Waals surface area (Å²) in [6.07, 6.45) is 0. The lowest BCUT2D eigenvalue weighted by Gasteiger charge is -2.28. The molecule has 0 saturated heterocycles. The molecule has 3 nitrogen and oxygen atoms in total. The van der Waals surface area contributed by atoms with Gasteiger partial charge in [-0.1, -0.05) is 90.1 Å². The lowest BCUT2D eigenvalue weighted by atomic mass is 9.78. The quantitative estimate of drug-likeness (QED) is 0.272. The number of aromatic hydroxyl groups is 1. The number of halogens is 1. The highest BCUT2D eigenvalue weighted by molar-refractivity contribution is 8.93. The molecule has 0 radical (unpaired) electrons. The smallest absolute Gasteiger partial charge is 0.190 e.